The highest BCUT2D eigenvalue weighted by Gasteiger charge is 2.27. The molecule has 15 heteroatoms. The van der Waals surface area contributed by atoms with E-state index in [1.807, 2.05) is 57.3 Å². The lowest BCUT2D eigenvalue weighted by molar-refractivity contribution is -0.171. The zero-order valence-electron chi connectivity index (χ0n) is 20.8. The summed E-state index contributed by atoms with van der Waals surface area (Å²) in [4.78, 5) is 44.1. The molecule has 3 rings (SSSR count). The first kappa shape index (κ1) is 34.0. The van der Waals surface area contributed by atoms with Crippen LogP contribution in [0, 0.1) is 14.3 Å². The molecule has 1 aliphatic heterocycles. The summed E-state index contributed by atoms with van der Waals surface area (Å²) in [5.41, 5.74) is 0.0141. The van der Waals surface area contributed by atoms with E-state index in [1.165, 1.54) is 0 Å². The van der Waals surface area contributed by atoms with Crippen molar-refractivity contribution in [3.05, 3.63) is 44.1 Å². The van der Waals surface area contributed by atoms with Crippen molar-refractivity contribution in [3.63, 3.8) is 0 Å². The average molecular weight is 992 g/mol. The molecule has 212 valence electrons. The van der Waals surface area contributed by atoms with E-state index in [0.717, 1.165) is 12.7 Å². The summed E-state index contributed by atoms with van der Waals surface area (Å²) < 4.78 is 14.1. The number of ether oxygens (including phenoxy) is 2. The van der Waals surface area contributed by atoms with Crippen LogP contribution in [0.1, 0.15) is 39.2 Å². The summed E-state index contributed by atoms with van der Waals surface area (Å²) in [6.45, 7) is 5.13. The van der Waals surface area contributed by atoms with Crippen molar-refractivity contribution in [2.75, 3.05) is 0 Å². The highest BCUT2D eigenvalue weighted by Crippen LogP contribution is 2.37. The maximum Gasteiger partial charge on any atom is 0.408 e. The standard InChI is InChI=1S/C20H19I4NO6.C4H5NO3/c1-20(2,3)31-19(29)25-15(18(27)28)6-9-4-13(23)17(14(24)5-9)30-10-7-11(21)16(26)12(22)8-10;6-3-1-2-4(7)5(3)8/h4-5,7-8,15,26H,6H2,1-3H3,(H,25,29)(H,27,28);8H,1-2H2/t15-;/m0./s1. The van der Waals surface area contributed by atoms with E-state index in [-0.39, 0.29) is 30.1 Å². The number of phenolic OH excluding ortho intramolecular Hbond substituents is 1. The van der Waals surface area contributed by atoms with Crippen molar-refractivity contribution in [1.29, 1.82) is 0 Å². The van der Waals surface area contributed by atoms with E-state index in [4.69, 9.17) is 14.7 Å². The fourth-order valence-corrected chi connectivity index (χ4v) is 6.83. The van der Waals surface area contributed by atoms with Crippen molar-refractivity contribution in [1.82, 2.24) is 10.4 Å². The second-order valence-corrected chi connectivity index (χ2v) is 13.7. The molecule has 2 aromatic rings. The SMILES string of the molecule is CC(C)(C)OC(=O)N[C@@H](Cc1cc(I)c(Oc2cc(I)c(O)c(I)c2)c(I)c1)C(=O)O.O=C1CCC(=O)N1O. The minimum atomic E-state index is -1.15. The molecule has 0 radical (unpaired) electrons. The number of phenols is 1. The van der Waals surface area contributed by atoms with Crippen LogP contribution in [0.3, 0.4) is 0 Å². The third-order valence-electron chi connectivity index (χ3n) is 4.72. The Morgan fingerprint density at radius 3 is 1.85 bits per heavy atom. The average Bonchev–Trinajstić information content (AvgIpc) is 3.09. The molecule has 1 atom stereocenters. The number of hydrogen-bond donors (Lipinski definition) is 4. The number of carboxylic acids is 1. The number of nitrogens with one attached hydrogen (secondary N) is 1. The van der Waals surface area contributed by atoms with Crippen LogP contribution in [0.25, 0.3) is 0 Å². The number of imide groups is 1. The predicted molar refractivity (Wildman–Crippen MR) is 173 cm³/mol. The number of rotatable bonds is 6. The van der Waals surface area contributed by atoms with Gasteiger partial charge in [0.25, 0.3) is 11.8 Å². The predicted octanol–water partition coefficient (Wildman–Crippen LogP) is 5.65. The number of benzene rings is 2. The van der Waals surface area contributed by atoms with Crippen LogP contribution in [0.5, 0.6) is 17.2 Å². The maximum absolute atomic E-state index is 12.0. The molecule has 1 aliphatic rings. The molecule has 11 nitrogen and oxygen atoms in total. The highest BCUT2D eigenvalue weighted by atomic mass is 127. The first-order valence-corrected chi connectivity index (χ1v) is 15.4. The van der Waals surface area contributed by atoms with Gasteiger partial charge >= 0.3 is 12.1 Å². The van der Waals surface area contributed by atoms with Crippen LogP contribution >= 0.6 is 90.4 Å². The van der Waals surface area contributed by atoms with Gasteiger partial charge in [-0.15, -0.1) is 0 Å². The molecule has 1 heterocycles. The van der Waals surface area contributed by atoms with E-state index in [9.17, 15) is 29.4 Å². The molecule has 2 aromatic carbocycles. The quantitative estimate of drug-likeness (QED) is 0.163. The Morgan fingerprint density at radius 2 is 1.46 bits per heavy atom. The minimum Gasteiger partial charge on any atom is -0.506 e. The van der Waals surface area contributed by atoms with E-state index in [2.05, 4.69) is 50.5 Å². The van der Waals surface area contributed by atoms with Crippen LogP contribution in [0.2, 0.25) is 0 Å². The maximum atomic E-state index is 12.0. The van der Waals surface area contributed by atoms with Crippen LogP contribution < -0.4 is 10.1 Å². The molecule has 0 spiro atoms. The smallest absolute Gasteiger partial charge is 0.408 e. The molecule has 0 aliphatic carbocycles. The van der Waals surface area contributed by atoms with Crippen LogP contribution in [-0.2, 0) is 25.5 Å². The van der Waals surface area contributed by atoms with Crippen LogP contribution in [-0.4, -0.2) is 56.0 Å². The number of aliphatic carboxylic acids is 1. The lowest BCUT2D eigenvalue weighted by atomic mass is 10.1. The Labute approximate surface area is 278 Å². The van der Waals surface area contributed by atoms with Crippen molar-refractivity contribution >= 4 is 114 Å². The number of nitrogens with zero attached hydrogens (tertiary/aromatic N) is 1. The van der Waals surface area contributed by atoms with Gasteiger partial charge in [-0.3, -0.25) is 14.8 Å². The Balaban J connectivity index is 0.000000568. The molecular formula is C24H24I4N2O9. The topological polar surface area (TPSA) is 163 Å². The zero-order valence-corrected chi connectivity index (χ0v) is 29.4. The molecule has 0 bridgehead atoms. The Kier molecular flexibility index (Phi) is 12.7. The second-order valence-electron chi connectivity index (χ2n) is 9.07. The van der Waals surface area contributed by atoms with Gasteiger partial charge in [0.2, 0.25) is 0 Å². The summed E-state index contributed by atoms with van der Waals surface area (Å²) in [5, 5.41) is 30.4. The van der Waals surface area contributed by atoms with E-state index >= 15 is 0 Å². The number of aromatic hydroxyl groups is 1. The molecule has 1 saturated heterocycles. The number of halogens is 4. The zero-order chi connectivity index (χ0) is 29.7. The van der Waals surface area contributed by atoms with Crippen LogP contribution in [0.15, 0.2) is 24.3 Å². The summed E-state index contributed by atoms with van der Waals surface area (Å²) in [6.07, 6.45) is -0.388. The normalized spacial score (nSPS) is 13.9. The molecule has 1 fully saturated rings. The van der Waals surface area contributed by atoms with Crippen LogP contribution in [0.4, 0.5) is 4.79 Å². The summed E-state index contributed by atoms with van der Waals surface area (Å²) in [7, 11) is 0. The van der Waals surface area contributed by atoms with Gasteiger partial charge in [-0.05, 0) is 141 Å². The fraction of sp³-hybridized carbons (Fsp3) is 0.333. The number of carbonyl (C=O) groups is 4. The largest absolute Gasteiger partial charge is 0.506 e. The van der Waals surface area contributed by atoms with Gasteiger partial charge in [0.15, 0.2) is 5.75 Å². The Morgan fingerprint density at radius 1 is 0.974 bits per heavy atom. The van der Waals surface area contributed by atoms with Gasteiger partial charge in [0.05, 0.1) is 14.3 Å². The van der Waals surface area contributed by atoms with Gasteiger partial charge in [-0.25, -0.2) is 9.59 Å². The van der Waals surface area contributed by atoms with Crippen molar-refractivity contribution in [2.45, 2.75) is 51.7 Å². The lowest BCUT2D eigenvalue weighted by Gasteiger charge is -2.22. The van der Waals surface area contributed by atoms with Crippen molar-refractivity contribution < 1.29 is 44.1 Å². The van der Waals surface area contributed by atoms with E-state index < -0.39 is 35.5 Å². The molecule has 39 heavy (non-hydrogen) atoms. The van der Waals surface area contributed by atoms with Gasteiger partial charge in [-0.1, -0.05) is 0 Å². The monoisotopic (exact) mass is 992 g/mol. The number of carboxylic acid groups (broad SMARTS) is 1. The second kappa shape index (κ2) is 14.6. The molecule has 0 aromatic heterocycles. The number of carbonyl (C=O) groups excluding carboxylic acids is 3. The van der Waals surface area contributed by atoms with E-state index in [1.54, 1.807) is 32.9 Å². The summed E-state index contributed by atoms with van der Waals surface area (Å²) in [5.74, 6) is -0.723. The third kappa shape index (κ3) is 10.6. The first-order chi connectivity index (χ1) is 18.0. The number of amides is 3. The van der Waals surface area contributed by atoms with Gasteiger partial charge < -0.3 is 25.0 Å². The molecule has 4 N–H and O–H groups in total. The Hall–Kier alpha value is -1.20. The first-order valence-electron chi connectivity index (χ1n) is 11.1. The van der Waals surface area contributed by atoms with Gasteiger partial charge in [-0.2, -0.15) is 5.06 Å². The van der Waals surface area contributed by atoms with Crippen molar-refractivity contribution in [3.8, 4) is 17.2 Å². The van der Waals surface area contributed by atoms with Crippen molar-refractivity contribution in [2.24, 2.45) is 0 Å². The molecular weight excluding hydrogens is 968 g/mol. The lowest BCUT2D eigenvalue weighted by Crippen LogP contribution is -2.44. The summed E-state index contributed by atoms with van der Waals surface area (Å²) in [6, 6.07) is 5.99. The molecule has 3 amide bonds. The van der Waals surface area contributed by atoms with Gasteiger partial charge in [0.1, 0.15) is 23.1 Å². The molecule has 0 saturated carbocycles. The number of hydroxylamine groups is 2. The number of hydrogen-bond acceptors (Lipinski definition) is 8. The highest BCUT2D eigenvalue weighted by molar-refractivity contribution is 14.1. The fourth-order valence-electron chi connectivity index (χ4n) is 3.00. The van der Waals surface area contributed by atoms with E-state index in [0.29, 0.717) is 18.6 Å². The summed E-state index contributed by atoms with van der Waals surface area (Å²) >= 11 is 8.33. The molecule has 0 unspecified atom stereocenters. The minimum absolute atomic E-state index is 0.0931. The third-order valence-corrected chi connectivity index (χ3v) is 7.97. The number of alkyl carbamates (subject to hydrolysis) is 1. The van der Waals surface area contributed by atoms with Gasteiger partial charge in [0, 0.05) is 19.3 Å². The Bertz CT molecular complexity index is 1220.